The molecule has 0 saturated heterocycles. The SMILES string of the molecule is Cc1cc(F)cc(NC(C#N)c2cc(Cl)ccc2Br)c1. The molecule has 0 aliphatic carbocycles. The van der Waals surface area contributed by atoms with Crippen LogP contribution < -0.4 is 5.32 Å². The molecule has 20 heavy (non-hydrogen) atoms. The van der Waals surface area contributed by atoms with Crippen molar-refractivity contribution < 1.29 is 4.39 Å². The predicted molar refractivity (Wildman–Crippen MR) is 82.3 cm³/mol. The Balaban J connectivity index is 2.34. The molecule has 0 bridgehead atoms. The molecule has 0 aliphatic rings. The second-order valence-electron chi connectivity index (χ2n) is 4.39. The summed E-state index contributed by atoms with van der Waals surface area (Å²) in [6.07, 6.45) is 0. The smallest absolute Gasteiger partial charge is 0.141 e. The standard InChI is InChI=1S/C15H11BrClFN2/c1-9-4-11(18)7-12(5-9)20-15(8-19)13-6-10(17)2-3-14(13)16/h2-7,15,20H,1H3. The van der Waals surface area contributed by atoms with Crippen LogP contribution in [0.5, 0.6) is 0 Å². The lowest BCUT2D eigenvalue weighted by Crippen LogP contribution is -2.09. The summed E-state index contributed by atoms with van der Waals surface area (Å²) < 4.78 is 14.1. The number of rotatable bonds is 3. The summed E-state index contributed by atoms with van der Waals surface area (Å²) in [5.41, 5.74) is 2.05. The van der Waals surface area contributed by atoms with E-state index in [1.165, 1.54) is 12.1 Å². The van der Waals surface area contributed by atoms with E-state index in [0.717, 1.165) is 10.0 Å². The number of hydrogen-bond donors (Lipinski definition) is 1. The zero-order chi connectivity index (χ0) is 14.7. The molecule has 5 heteroatoms. The average Bonchev–Trinajstić information content (AvgIpc) is 2.38. The Morgan fingerprint density at radius 1 is 1.30 bits per heavy atom. The largest absolute Gasteiger partial charge is 0.366 e. The lowest BCUT2D eigenvalue weighted by atomic mass is 10.1. The summed E-state index contributed by atoms with van der Waals surface area (Å²) in [6.45, 7) is 1.80. The summed E-state index contributed by atoms with van der Waals surface area (Å²) in [6, 6.07) is 11.3. The highest BCUT2D eigenvalue weighted by atomic mass is 79.9. The Morgan fingerprint density at radius 2 is 2.05 bits per heavy atom. The quantitative estimate of drug-likeness (QED) is 0.820. The van der Waals surface area contributed by atoms with Crippen LogP contribution >= 0.6 is 27.5 Å². The number of hydrogen-bond acceptors (Lipinski definition) is 2. The minimum Gasteiger partial charge on any atom is -0.366 e. The highest BCUT2D eigenvalue weighted by Crippen LogP contribution is 2.29. The van der Waals surface area contributed by atoms with Gasteiger partial charge < -0.3 is 5.32 Å². The van der Waals surface area contributed by atoms with Gasteiger partial charge in [-0.05, 0) is 48.9 Å². The number of benzene rings is 2. The number of anilines is 1. The van der Waals surface area contributed by atoms with E-state index in [-0.39, 0.29) is 5.82 Å². The van der Waals surface area contributed by atoms with Gasteiger partial charge in [0.15, 0.2) is 0 Å². The van der Waals surface area contributed by atoms with Gasteiger partial charge in [-0.15, -0.1) is 0 Å². The molecule has 1 unspecified atom stereocenters. The van der Waals surface area contributed by atoms with Gasteiger partial charge in [0.1, 0.15) is 11.9 Å². The first kappa shape index (κ1) is 14.8. The van der Waals surface area contributed by atoms with Gasteiger partial charge in [0.25, 0.3) is 0 Å². The van der Waals surface area contributed by atoms with Gasteiger partial charge in [0.05, 0.1) is 6.07 Å². The molecular weight excluding hydrogens is 343 g/mol. The fourth-order valence-electron chi connectivity index (χ4n) is 1.90. The first-order valence-electron chi connectivity index (χ1n) is 5.88. The minimum absolute atomic E-state index is 0.339. The monoisotopic (exact) mass is 352 g/mol. The van der Waals surface area contributed by atoms with Crippen LogP contribution in [0.2, 0.25) is 5.02 Å². The fourth-order valence-corrected chi connectivity index (χ4v) is 2.56. The van der Waals surface area contributed by atoms with Crippen molar-refractivity contribution in [2.24, 2.45) is 0 Å². The van der Waals surface area contributed by atoms with Crippen LogP contribution in [0.25, 0.3) is 0 Å². The zero-order valence-electron chi connectivity index (χ0n) is 10.6. The third-order valence-corrected chi connectivity index (χ3v) is 3.71. The van der Waals surface area contributed by atoms with E-state index in [2.05, 4.69) is 27.3 Å². The molecule has 2 nitrogen and oxygen atoms in total. The van der Waals surface area contributed by atoms with Crippen LogP contribution in [0.4, 0.5) is 10.1 Å². The van der Waals surface area contributed by atoms with E-state index < -0.39 is 6.04 Å². The first-order valence-corrected chi connectivity index (χ1v) is 7.05. The van der Waals surface area contributed by atoms with Crippen LogP contribution in [-0.4, -0.2) is 0 Å². The molecule has 1 atom stereocenters. The summed E-state index contributed by atoms with van der Waals surface area (Å²) in [5, 5.41) is 12.9. The van der Waals surface area contributed by atoms with Gasteiger partial charge in [0.2, 0.25) is 0 Å². The van der Waals surface area contributed by atoms with Gasteiger partial charge in [-0.2, -0.15) is 5.26 Å². The second kappa shape index (κ2) is 6.25. The minimum atomic E-state index is -0.621. The molecule has 0 spiro atoms. The Bertz CT molecular complexity index is 662. The molecule has 2 rings (SSSR count). The molecule has 0 radical (unpaired) electrons. The molecule has 0 heterocycles. The predicted octanol–water partition coefficient (Wildman–Crippen LogP) is 5.23. The van der Waals surface area contributed by atoms with Crippen molar-refractivity contribution in [2.75, 3.05) is 5.32 Å². The van der Waals surface area contributed by atoms with E-state index in [4.69, 9.17) is 11.6 Å². The topological polar surface area (TPSA) is 35.8 Å². The van der Waals surface area contributed by atoms with E-state index in [0.29, 0.717) is 16.3 Å². The van der Waals surface area contributed by atoms with Crippen molar-refractivity contribution in [1.82, 2.24) is 0 Å². The molecular formula is C15H11BrClFN2. The van der Waals surface area contributed by atoms with Crippen molar-refractivity contribution in [3.8, 4) is 6.07 Å². The molecule has 0 aliphatic heterocycles. The lowest BCUT2D eigenvalue weighted by molar-refractivity contribution is 0.627. The Labute approximate surface area is 130 Å². The molecule has 1 N–H and O–H groups in total. The zero-order valence-corrected chi connectivity index (χ0v) is 13.0. The number of nitrogens with zero attached hydrogens (tertiary/aromatic N) is 1. The van der Waals surface area contributed by atoms with Gasteiger partial charge in [-0.25, -0.2) is 4.39 Å². The van der Waals surface area contributed by atoms with E-state index in [1.54, 1.807) is 31.2 Å². The molecule has 0 aromatic heterocycles. The van der Waals surface area contributed by atoms with Crippen molar-refractivity contribution in [2.45, 2.75) is 13.0 Å². The van der Waals surface area contributed by atoms with Crippen molar-refractivity contribution >= 4 is 33.2 Å². The van der Waals surface area contributed by atoms with E-state index in [1.807, 2.05) is 0 Å². The van der Waals surface area contributed by atoms with Crippen molar-refractivity contribution in [3.63, 3.8) is 0 Å². The first-order chi connectivity index (χ1) is 9.49. The van der Waals surface area contributed by atoms with Crippen LogP contribution in [0.1, 0.15) is 17.2 Å². The number of nitriles is 1. The van der Waals surface area contributed by atoms with Gasteiger partial charge in [-0.1, -0.05) is 27.5 Å². The van der Waals surface area contributed by atoms with E-state index >= 15 is 0 Å². The summed E-state index contributed by atoms with van der Waals surface area (Å²) in [7, 11) is 0. The van der Waals surface area contributed by atoms with E-state index in [9.17, 15) is 9.65 Å². The second-order valence-corrected chi connectivity index (χ2v) is 5.68. The Kier molecular flexibility index (Phi) is 4.64. The lowest BCUT2D eigenvalue weighted by Gasteiger charge is -2.15. The van der Waals surface area contributed by atoms with Gasteiger partial charge in [-0.3, -0.25) is 0 Å². The van der Waals surface area contributed by atoms with Crippen molar-refractivity contribution in [3.05, 3.63) is 62.8 Å². The van der Waals surface area contributed by atoms with Crippen LogP contribution in [0, 0.1) is 24.1 Å². The molecule has 2 aromatic rings. The molecule has 102 valence electrons. The van der Waals surface area contributed by atoms with Crippen LogP contribution in [0.15, 0.2) is 40.9 Å². The third-order valence-electron chi connectivity index (χ3n) is 2.75. The maximum atomic E-state index is 13.4. The highest BCUT2D eigenvalue weighted by Gasteiger charge is 2.14. The number of nitrogens with one attached hydrogen (secondary N) is 1. The van der Waals surface area contributed by atoms with Crippen LogP contribution in [-0.2, 0) is 0 Å². The third kappa shape index (κ3) is 3.50. The summed E-state index contributed by atoms with van der Waals surface area (Å²) in [4.78, 5) is 0. The molecule has 0 fully saturated rings. The molecule has 2 aromatic carbocycles. The van der Waals surface area contributed by atoms with Gasteiger partial charge >= 0.3 is 0 Å². The maximum Gasteiger partial charge on any atom is 0.141 e. The van der Waals surface area contributed by atoms with Crippen molar-refractivity contribution in [1.29, 1.82) is 5.26 Å². The average molecular weight is 354 g/mol. The summed E-state index contributed by atoms with van der Waals surface area (Å²) >= 11 is 9.34. The normalized spacial score (nSPS) is 11.8. The number of halogens is 3. The van der Waals surface area contributed by atoms with Crippen LogP contribution in [0.3, 0.4) is 0 Å². The Hall–Kier alpha value is -1.57. The highest BCUT2D eigenvalue weighted by molar-refractivity contribution is 9.10. The Morgan fingerprint density at radius 3 is 2.70 bits per heavy atom. The number of aryl methyl sites for hydroxylation is 1. The maximum absolute atomic E-state index is 13.4. The molecule has 0 saturated carbocycles. The molecule has 0 amide bonds. The summed E-state index contributed by atoms with van der Waals surface area (Å²) in [5.74, 6) is -0.339. The van der Waals surface area contributed by atoms with Gasteiger partial charge in [0, 0.05) is 20.7 Å². The fraction of sp³-hybridized carbons (Fsp3) is 0.133.